The third-order valence-electron chi connectivity index (χ3n) is 2.02. The highest BCUT2D eigenvalue weighted by molar-refractivity contribution is 9.11. The van der Waals surface area contributed by atoms with E-state index in [4.69, 9.17) is 4.74 Å². The second-order valence-electron chi connectivity index (χ2n) is 3.26. The van der Waals surface area contributed by atoms with E-state index in [1.807, 2.05) is 18.3 Å². The Labute approximate surface area is 104 Å². The summed E-state index contributed by atoms with van der Waals surface area (Å²) in [5.41, 5.74) is 0. The van der Waals surface area contributed by atoms with Crippen molar-refractivity contribution in [2.24, 2.45) is 0 Å². The molecule has 0 aliphatic heterocycles. The van der Waals surface area contributed by atoms with E-state index < -0.39 is 0 Å². The van der Waals surface area contributed by atoms with Crippen molar-refractivity contribution in [3.8, 4) is 0 Å². The van der Waals surface area contributed by atoms with E-state index in [9.17, 15) is 0 Å². The van der Waals surface area contributed by atoms with Gasteiger partial charge in [0.05, 0.1) is 3.79 Å². The van der Waals surface area contributed by atoms with Crippen LogP contribution in [0.5, 0.6) is 0 Å². The topological polar surface area (TPSA) is 21.3 Å². The van der Waals surface area contributed by atoms with Crippen LogP contribution in [0.1, 0.15) is 18.2 Å². The van der Waals surface area contributed by atoms with Crippen molar-refractivity contribution in [3.05, 3.63) is 20.8 Å². The summed E-state index contributed by atoms with van der Waals surface area (Å²) in [5.74, 6) is 0. The van der Waals surface area contributed by atoms with Crippen molar-refractivity contribution in [1.82, 2.24) is 5.32 Å². The van der Waals surface area contributed by atoms with Crippen LogP contribution in [0.3, 0.4) is 0 Å². The molecule has 15 heavy (non-hydrogen) atoms. The Morgan fingerprint density at radius 2 is 2.27 bits per heavy atom. The van der Waals surface area contributed by atoms with Crippen LogP contribution in [0.2, 0.25) is 0 Å². The number of nitrogens with one attached hydrogen (secondary N) is 1. The molecule has 0 saturated heterocycles. The maximum Gasteiger partial charge on any atom is 0.0701 e. The Hall–Kier alpha value is 0.1000. The molecule has 2 nitrogen and oxygen atoms in total. The summed E-state index contributed by atoms with van der Waals surface area (Å²) in [7, 11) is 0. The van der Waals surface area contributed by atoms with Gasteiger partial charge >= 0.3 is 0 Å². The molecule has 1 rings (SSSR count). The van der Waals surface area contributed by atoms with E-state index in [0.29, 0.717) is 0 Å². The molecule has 1 aromatic rings. The lowest BCUT2D eigenvalue weighted by Crippen LogP contribution is -2.19. The van der Waals surface area contributed by atoms with Gasteiger partial charge in [0.2, 0.25) is 0 Å². The Kier molecular flexibility index (Phi) is 7.26. The van der Waals surface area contributed by atoms with Gasteiger partial charge in [-0.3, -0.25) is 0 Å². The summed E-state index contributed by atoms with van der Waals surface area (Å²) >= 11 is 5.28. The lowest BCUT2D eigenvalue weighted by atomic mass is 10.3. The van der Waals surface area contributed by atoms with Crippen LogP contribution in [0.15, 0.2) is 15.9 Å². The zero-order valence-electron chi connectivity index (χ0n) is 9.09. The van der Waals surface area contributed by atoms with Crippen molar-refractivity contribution in [2.45, 2.75) is 19.8 Å². The smallest absolute Gasteiger partial charge is 0.0701 e. The first-order valence-corrected chi connectivity index (χ1v) is 6.96. The van der Waals surface area contributed by atoms with E-state index in [1.54, 1.807) is 0 Å². The highest BCUT2D eigenvalue weighted by Crippen LogP contribution is 2.21. The highest BCUT2D eigenvalue weighted by atomic mass is 79.9. The van der Waals surface area contributed by atoms with Crippen LogP contribution in [0.25, 0.3) is 0 Å². The second-order valence-corrected chi connectivity index (χ2v) is 5.80. The minimum absolute atomic E-state index is 0.823. The van der Waals surface area contributed by atoms with E-state index in [1.165, 1.54) is 8.66 Å². The summed E-state index contributed by atoms with van der Waals surface area (Å²) < 4.78 is 6.47. The molecule has 0 amide bonds. The van der Waals surface area contributed by atoms with Gasteiger partial charge in [-0.25, -0.2) is 0 Å². The average molecular weight is 292 g/mol. The molecule has 0 aromatic carbocycles. The van der Waals surface area contributed by atoms with Crippen LogP contribution < -0.4 is 5.32 Å². The van der Waals surface area contributed by atoms with Gasteiger partial charge in [0.15, 0.2) is 0 Å². The zero-order valence-corrected chi connectivity index (χ0v) is 11.5. The number of halogens is 1. The molecule has 1 N–H and O–H groups in total. The van der Waals surface area contributed by atoms with E-state index in [0.717, 1.165) is 39.1 Å². The normalized spacial score (nSPS) is 10.8. The standard InChI is InChI=1S/C11H18BrNOS/c1-2-14-9-3-7-13-8-6-10-4-5-11(12)15-10/h4-5,13H,2-3,6-9H2,1H3. The fourth-order valence-corrected chi connectivity index (χ4v) is 2.75. The maximum atomic E-state index is 5.26. The molecule has 0 fully saturated rings. The summed E-state index contributed by atoms with van der Waals surface area (Å²) in [6.07, 6.45) is 2.22. The largest absolute Gasteiger partial charge is 0.382 e. The first-order chi connectivity index (χ1) is 7.33. The van der Waals surface area contributed by atoms with Crippen LogP contribution in [-0.2, 0) is 11.2 Å². The van der Waals surface area contributed by atoms with Crippen molar-refractivity contribution in [2.75, 3.05) is 26.3 Å². The molecule has 0 bridgehead atoms. The van der Waals surface area contributed by atoms with Crippen molar-refractivity contribution >= 4 is 27.3 Å². The molecular weight excluding hydrogens is 274 g/mol. The Bertz CT molecular complexity index is 265. The van der Waals surface area contributed by atoms with Gasteiger partial charge < -0.3 is 10.1 Å². The number of rotatable bonds is 8. The Balaban J connectivity index is 1.93. The summed E-state index contributed by atoms with van der Waals surface area (Å²) in [6, 6.07) is 4.28. The monoisotopic (exact) mass is 291 g/mol. The fourth-order valence-electron chi connectivity index (χ4n) is 1.27. The fraction of sp³-hybridized carbons (Fsp3) is 0.636. The second kappa shape index (κ2) is 8.28. The Morgan fingerprint density at radius 3 is 2.93 bits per heavy atom. The van der Waals surface area contributed by atoms with Crippen molar-refractivity contribution < 1.29 is 4.74 Å². The van der Waals surface area contributed by atoms with E-state index in [-0.39, 0.29) is 0 Å². The van der Waals surface area contributed by atoms with Crippen LogP contribution in [0.4, 0.5) is 0 Å². The summed E-state index contributed by atoms with van der Waals surface area (Å²) in [4.78, 5) is 1.43. The number of ether oxygens (including phenoxy) is 1. The SMILES string of the molecule is CCOCCCNCCc1ccc(Br)s1. The quantitative estimate of drug-likeness (QED) is 0.744. The molecule has 4 heteroatoms. The number of hydrogen-bond donors (Lipinski definition) is 1. The average Bonchev–Trinajstić information content (AvgIpc) is 2.63. The predicted octanol–water partition coefficient (Wildman–Crippen LogP) is 3.07. The van der Waals surface area contributed by atoms with Crippen LogP contribution in [0, 0.1) is 0 Å². The first kappa shape index (κ1) is 13.2. The van der Waals surface area contributed by atoms with Gasteiger partial charge in [-0.15, -0.1) is 11.3 Å². The molecular formula is C11H18BrNOS. The van der Waals surface area contributed by atoms with E-state index >= 15 is 0 Å². The van der Waals surface area contributed by atoms with Gasteiger partial charge in [-0.1, -0.05) is 0 Å². The maximum absolute atomic E-state index is 5.26. The molecule has 0 aliphatic rings. The van der Waals surface area contributed by atoms with Gasteiger partial charge in [0.1, 0.15) is 0 Å². The predicted molar refractivity (Wildman–Crippen MR) is 69.7 cm³/mol. The lowest BCUT2D eigenvalue weighted by Gasteiger charge is -2.03. The van der Waals surface area contributed by atoms with Crippen molar-refractivity contribution in [1.29, 1.82) is 0 Å². The van der Waals surface area contributed by atoms with Gasteiger partial charge in [0, 0.05) is 18.1 Å². The van der Waals surface area contributed by atoms with Gasteiger partial charge in [0.25, 0.3) is 0 Å². The van der Waals surface area contributed by atoms with Gasteiger partial charge in [-0.05, 0) is 60.9 Å². The first-order valence-electron chi connectivity index (χ1n) is 5.35. The number of thiophene rings is 1. The third kappa shape index (κ3) is 6.30. The molecule has 0 aliphatic carbocycles. The summed E-state index contributed by atoms with van der Waals surface area (Å²) in [5, 5.41) is 3.41. The molecule has 0 saturated carbocycles. The van der Waals surface area contributed by atoms with Gasteiger partial charge in [-0.2, -0.15) is 0 Å². The Morgan fingerprint density at radius 1 is 1.40 bits per heavy atom. The molecule has 1 heterocycles. The molecule has 0 spiro atoms. The van der Waals surface area contributed by atoms with Crippen molar-refractivity contribution in [3.63, 3.8) is 0 Å². The molecule has 86 valence electrons. The molecule has 1 aromatic heterocycles. The lowest BCUT2D eigenvalue weighted by molar-refractivity contribution is 0.145. The molecule has 0 unspecified atom stereocenters. The zero-order chi connectivity index (χ0) is 10.9. The minimum atomic E-state index is 0.823. The van der Waals surface area contributed by atoms with Crippen LogP contribution in [-0.4, -0.2) is 26.3 Å². The van der Waals surface area contributed by atoms with Crippen LogP contribution >= 0.6 is 27.3 Å². The highest BCUT2D eigenvalue weighted by Gasteiger charge is 1.96. The molecule has 0 radical (unpaired) electrons. The number of hydrogen-bond acceptors (Lipinski definition) is 3. The third-order valence-corrected chi connectivity index (χ3v) is 3.71. The van der Waals surface area contributed by atoms with E-state index in [2.05, 4.69) is 33.4 Å². The molecule has 0 atom stereocenters. The minimum Gasteiger partial charge on any atom is -0.382 e. The summed E-state index contributed by atoms with van der Waals surface area (Å²) in [6.45, 7) is 5.82.